The predicted octanol–water partition coefficient (Wildman–Crippen LogP) is 6.29. The van der Waals surface area contributed by atoms with E-state index in [0.29, 0.717) is 23.9 Å². The van der Waals surface area contributed by atoms with E-state index in [2.05, 4.69) is 16.7 Å². The van der Waals surface area contributed by atoms with Crippen molar-refractivity contribution in [2.75, 3.05) is 7.11 Å². The zero-order chi connectivity index (χ0) is 22.4. The van der Waals surface area contributed by atoms with Crippen LogP contribution in [0.4, 0.5) is 0 Å². The Bertz CT molecular complexity index is 1170. The maximum atomic E-state index is 11.7. The summed E-state index contributed by atoms with van der Waals surface area (Å²) in [5, 5.41) is 4.10. The number of hydrogen-bond acceptors (Lipinski definition) is 5. The molecule has 158 valence electrons. The van der Waals surface area contributed by atoms with Gasteiger partial charge in [-0.3, -0.25) is 4.79 Å². The van der Waals surface area contributed by atoms with Crippen LogP contribution < -0.4 is 0 Å². The highest BCUT2D eigenvalue weighted by atomic mass is 16.5. The molecule has 0 aliphatic heterocycles. The molecule has 5 heteroatoms. The van der Waals surface area contributed by atoms with Gasteiger partial charge in [-0.15, -0.1) is 0 Å². The number of carbonyl (C=O) groups is 1. The standard InChI is InChI=1S/C26H26N2O3/c1-6-7-11-23(17(2)3)24-13-12-21(15-22(24)16-30-5)26-27-25(28-31-26)20-10-8-9-19(14-20)18(4)29/h6-15H,2,16H2,1,3-5H3/b7-6-,23-11+. The number of aromatic nitrogens is 2. The summed E-state index contributed by atoms with van der Waals surface area (Å²) >= 11 is 0. The second-order valence-electron chi connectivity index (χ2n) is 7.25. The molecule has 1 heterocycles. The smallest absolute Gasteiger partial charge is 0.258 e. The molecule has 0 aliphatic carbocycles. The molecule has 3 rings (SSSR count). The minimum Gasteiger partial charge on any atom is -0.380 e. The average Bonchev–Trinajstić information content (AvgIpc) is 3.25. The number of carbonyl (C=O) groups excluding carboxylic acids is 1. The maximum absolute atomic E-state index is 11.7. The van der Waals surface area contributed by atoms with Crippen LogP contribution in [-0.4, -0.2) is 23.0 Å². The number of benzene rings is 2. The third kappa shape index (κ3) is 5.13. The highest BCUT2D eigenvalue weighted by Crippen LogP contribution is 2.30. The molecule has 2 aromatic carbocycles. The Morgan fingerprint density at radius 3 is 2.65 bits per heavy atom. The summed E-state index contributed by atoms with van der Waals surface area (Å²) in [6.45, 7) is 10.0. The molecule has 0 N–H and O–H groups in total. The van der Waals surface area contributed by atoms with E-state index in [4.69, 9.17) is 9.26 Å². The van der Waals surface area contributed by atoms with Crippen molar-refractivity contribution in [1.29, 1.82) is 0 Å². The van der Waals surface area contributed by atoms with Crippen molar-refractivity contribution in [3.63, 3.8) is 0 Å². The van der Waals surface area contributed by atoms with Gasteiger partial charge in [0.15, 0.2) is 5.78 Å². The summed E-state index contributed by atoms with van der Waals surface area (Å²) < 4.78 is 11.0. The number of ether oxygens (including phenoxy) is 1. The van der Waals surface area contributed by atoms with Gasteiger partial charge in [0, 0.05) is 23.8 Å². The number of Topliss-reactive ketones (excluding diaryl/α,β-unsaturated/α-hetero) is 1. The van der Waals surface area contributed by atoms with E-state index in [1.165, 1.54) is 6.92 Å². The van der Waals surface area contributed by atoms with E-state index in [1.807, 2.05) is 62.4 Å². The van der Waals surface area contributed by atoms with Gasteiger partial charge in [0.05, 0.1) is 6.61 Å². The van der Waals surface area contributed by atoms with Crippen molar-refractivity contribution in [1.82, 2.24) is 10.1 Å². The summed E-state index contributed by atoms with van der Waals surface area (Å²) in [7, 11) is 1.67. The first kappa shape index (κ1) is 22.1. The number of nitrogens with zero attached hydrogens (tertiary/aromatic N) is 2. The number of methoxy groups -OCH3 is 1. The van der Waals surface area contributed by atoms with E-state index >= 15 is 0 Å². The lowest BCUT2D eigenvalue weighted by molar-refractivity contribution is 0.101. The summed E-state index contributed by atoms with van der Waals surface area (Å²) in [5.41, 5.74) is 6.19. The van der Waals surface area contributed by atoms with Gasteiger partial charge in [-0.2, -0.15) is 4.98 Å². The van der Waals surface area contributed by atoms with Crippen LogP contribution in [0.25, 0.3) is 28.4 Å². The maximum Gasteiger partial charge on any atom is 0.258 e. The van der Waals surface area contributed by atoms with Gasteiger partial charge in [-0.05, 0) is 55.7 Å². The lowest BCUT2D eigenvalue weighted by atomic mass is 9.93. The zero-order valence-corrected chi connectivity index (χ0v) is 18.3. The fourth-order valence-electron chi connectivity index (χ4n) is 3.25. The first-order valence-corrected chi connectivity index (χ1v) is 10.0. The van der Waals surface area contributed by atoms with Crippen LogP contribution >= 0.6 is 0 Å². The number of rotatable bonds is 8. The van der Waals surface area contributed by atoms with Crippen LogP contribution in [0.1, 0.15) is 42.3 Å². The summed E-state index contributed by atoms with van der Waals surface area (Å²) in [6.07, 6.45) is 6.02. The highest BCUT2D eigenvalue weighted by molar-refractivity contribution is 5.95. The molecule has 0 unspecified atom stereocenters. The largest absolute Gasteiger partial charge is 0.380 e. The molecule has 0 amide bonds. The summed E-state index contributed by atoms with van der Waals surface area (Å²) in [6, 6.07) is 13.2. The van der Waals surface area contributed by atoms with Crippen molar-refractivity contribution in [2.45, 2.75) is 27.4 Å². The third-order valence-corrected chi connectivity index (χ3v) is 4.81. The van der Waals surface area contributed by atoms with Gasteiger partial charge in [-0.25, -0.2) is 0 Å². The summed E-state index contributed by atoms with van der Waals surface area (Å²) in [4.78, 5) is 16.2. The minimum atomic E-state index is -0.00958. The van der Waals surface area contributed by atoms with Crippen LogP contribution in [0.15, 0.2) is 77.4 Å². The molecular weight excluding hydrogens is 388 g/mol. The molecular formula is C26H26N2O3. The normalized spacial score (nSPS) is 11.8. The predicted molar refractivity (Wildman–Crippen MR) is 123 cm³/mol. The van der Waals surface area contributed by atoms with Gasteiger partial charge in [0.2, 0.25) is 5.82 Å². The summed E-state index contributed by atoms with van der Waals surface area (Å²) in [5.74, 6) is 0.831. The number of hydrogen-bond donors (Lipinski definition) is 0. The minimum absolute atomic E-state index is 0.00958. The topological polar surface area (TPSA) is 65.2 Å². The van der Waals surface area contributed by atoms with Crippen molar-refractivity contribution >= 4 is 11.4 Å². The fraction of sp³-hybridized carbons (Fsp3) is 0.192. The molecule has 0 saturated carbocycles. The molecule has 5 nitrogen and oxygen atoms in total. The lowest BCUT2D eigenvalue weighted by Crippen LogP contribution is -1.97. The van der Waals surface area contributed by atoms with E-state index in [1.54, 1.807) is 19.2 Å². The lowest BCUT2D eigenvalue weighted by Gasteiger charge is -2.13. The van der Waals surface area contributed by atoms with Gasteiger partial charge in [-0.1, -0.05) is 59.8 Å². The Balaban J connectivity index is 2.01. The van der Waals surface area contributed by atoms with Gasteiger partial charge < -0.3 is 9.26 Å². The molecule has 0 atom stereocenters. The number of ketones is 1. The second-order valence-corrected chi connectivity index (χ2v) is 7.25. The first-order chi connectivity index (χ1) is 14.9. The third-order valence-electron chi connectivity index (χ3n) is 4.81. The van der Waals surface area contributed by atoms with E-state index in [9.17, 15) is 4.79 Å². The van der Waals surface area contributed by atoms with Gasteiger partial charge >= 0.3 is 0 Å². The quantitative estimate of drug-likeness (QED) is 0.320. The van der Waals surface area contributed by atoms with Crippen molar-refractivity contribution in [2.24, 2.45) is 0 Å². The molecule has 1 aromatic heterocycles. The van der Waals surface area contributed by atoms with E-state index < -0.39 is 0 Å². The van der Waals surface area contributed by atoms with Crippen molar-refractivity contribution < 1.29 is 14.1 Å². The van der Waals surface area contributed by atoms with Gasteiger partial charge in [0.25, 0.3) is 5.89 Å². The Morgan fingerprint density at radius 2 is 1.97 bits per heavy atom. The molecule has 0 saturated heterocycles. The van der Waals surface area contributed by atoms with Gasteiger partial charge in [0.1, 0.15) is 0 Å². The molecule has 3 aromatic rings. The Hall–Kier alpha value is -3.57. The number of allylic oxidation sites excluding steroid dienone is 5. The van der Waals surface area contributed by atoms with Crippen LogP contribution in [0.2, 0.25) is 0 Å². The fourth-order valence-corrected chi connectivity index (χ4v) is 3.25. The molecule has 0 fully saturated rings. The Kier molecular flexibility index (Phi) is 7.11. The molecule has 0 radical (unpaired) electrons. The van der Waals surface area contributed by atoms with Crippen LogP contribution in [-0.2, 0) is 11.3 Å². The van der Waals surface area contributed by atoms with Crippen molar-refractivity contribution in [3.05, 3.63) is 89.5 Å². The second kappa shape index (κ2) is 9.96. The molecule has 31 heavy (non-hydrogen) atoms. The average molecular weight is 415 g/mol. The van der Waals surface area contributed by atoms with Crippen molar-refractivity contribution in [3.8, 4) is 22.8 Å². The van der Waals surface area contributed by atoms with Crippen LogP contribution in [0.5, 0.6) is 0 Å². The molecule has 0 spiro atoms. The zero-order valence-electron chi connectivity index (χ0n) is 18.3. The SMILES string of the molecule is C=C(C)/C(=C\C=C/C)c1ccc(-c2nc(-c3cccc(C(C)=O)c3)no2)cc1COC. The van der Waals surface area contributed by atoms with E-state index in [-0.39, 0.29) is 5.78 Å². The molecule has 0 bridgehead atoms. The Morgan fingerprint density at radius 1 is 1.16 bits per heavy atom. The van der Waals surface area contributed by atoms with E-state index in [0.717, 1.165) is 33.4 Å². The Labute approximate surface area is 182 Å². The highest BCUT2D eigenvalue weighted by Gasteiger charge is 2.15. The van der Waals surface area contributed by atoms with Crippen LogP contribution in [0.3, 0.4) is 0 Å². The first-order valence-electron chi connectivity index (χ1n) is 10.0. The van der Waals surface area contributed by atoms with Crippen LogP contribution in [0, 0.1) is 0 Å². The molecule has 0 aliphatic rings. The monoisotopic (exact) mass is 414 g/mol.